The predicted molar refractivity (Wildman–Crippen MR) is 85.4 cm³/mol. The summed E-state index contributed by atoms with van der Waals surface area (Å²) >= 11 is 1.32. The maximum absolute atomic E-state index is 6.25. The Morgan fingerprint density at radius 2 is 2.29 bits per heavy atom. The van der Waals surface area contributed by atoms with Gasteiger partial charge in [0.05, 0.1) is 35.3 Å². The quantitative estimate of drug-likeness (QED) is 0.900. The minimum Gasteiger partial charge on any atom is -0.375 e. The number of nitrogens with one attached hydrogen (secondary N) is 1. The lowest BCUT2D eigenvalue weighted by molar-refractivity contribution is -0.122. The molecule has 1 spiro atoms. The zero-order valence-corrected chi connectivity index (χ0v) is 13.8. The van der Waals surface area contributed by atoms with Crippen LogP contribution in [0.5, 0.6) is 0 Å². The summed E-state index contributed by atoms with van der Waals surface area (Å²) in [6.07, 6.45) is 12.0. The SMILES string of the molecule is CCCNC(c1cnsn1)C1CCOC2(CCCCC2)C1. The van der Waals surface area contributed by atoms with Gasteiger partial charge in [-0.25, -0.2) is 0 Å². The Balaban J connectivity index is 1.72. The van der Waals surface area contributed by atoms with Crippen LogP contribution in [-0.2, 0) is 4.74 Å². The van der Waals surface area contributed by atoms with Gasteiger partial charge in [0.1, 0.15) is 0 Å². The minimum absolute atomic E-state index is 0.163. The van der Waals surface area contributed by atoms with Crippen LogP contribution in [0, 0.1) is 5.92 Å². The lowest BCUT2D eigenvalue weighted by Crippen LogP contribution is -2.45. The van der Waals surface area contributed by atoms with Crippen LogP contribution in [0.3, 0.4) is 0 Å². The zero-order chi connectivity index (χ0) is 14.5. The summed E-state index contributed by atoms with van der Waals surface area (Å²) in [6, 6.07) is 0.353. The van der Waals surface area contributed by atoms with E-state index in [0.717, 1.165) is 31.7 Å². The molecule has 1 aliphatic heterocycles. The highest BCUT2D eigenvalue weighted by molar-refractivity contribution is 6.99. The second-order valence-electron chi connectivity index (χ2n) is 6.61. The molecule has 1 N–H and O–H groups in total. The van der Waals surface area contributed by atoms with Gasteiger partial charge in [-0.1, -0.05) is 26.2 Å². The maximum Gasteiger partial charge on any atom is 0.0915 e. The Morgan fingerprint density at radius 3 is 3.00 bits per heavy atom. The molecule has 1 aromatic rings. The first kappa shape index (κ1) is 15.4. The van der Waals surface area contributed by atoms with Gasteiger partial charge in [0.2, 0.25) is 0 Å². The molecule has 0 amide bonds. The van der Waals surface area contributed by atoms with Crippen molar-refractivity contribution in [1.29, 1.82) is 0 Å². The lowest BCUT2D eigenvalue weighted by Gasteiger charge is -2.45. The van der Waals surface area contributed by atoms with Crippen molar-refractivity contribution in [2.45, 2.75) is 69.9 Å². The van der Waals surface area contributed by atoms with Crippen LogP contribution in [0.4, 0.5) is 0 Å². The molecule has 0 bridgehead atoms. The number of nitrogens with zero attached hydrogens (tertiary/aromatic N) is 2. The Morgan fingerprint density at radius 1 is 1.43 bits per heavy atom. The zero-order valence-electron chi connectivity index (χ0n) is 13.0. The molecule has 21 heavy (non-hydrogen) atoms. The first-order chi connectivity index (χ1) is 10.3. The summed E-state index contributed by atoms with van der Waals surface area (Å²) in [5, 5.41) is 3.71. The van der Waals surface area contributed by atoms with E-state index in [2.05, 4.69) is 21.0 Å². The standard InChI is InChI=1S/C16H27N3OS/c1-2-9-17-15(14-12-18-21-19-14)13-6-10-20-16(11-13)7-4-3-5-8-16/h12-13,15,17H,2-11H2,1H3. The largest absolute Gasteiger partial charge is 0.375 e. The molecule has 2 unspecified atom stereocenters. The second-order valence-corrected chi connectivity index (χ2v) is 7.17. The fourth-order valence-corrected chi connectivity index (χ4v) is 4.47. The van der Waals surface area contributed by atoms with Crippen molar-refractivity contribution in [1.82, 2.24) is 14.1 Å². The van der Waals surface area contributed by atoms with Gasteiger partial charge in [0.25, 0.3) is 0 Å². The summed E-state index contributed by atoms with van der Waals surface area (Å²) in [7, 11) is 0. The number of aromatic nitrogens is 2. The van der Waals surface area contributed by atoms with Crippen molar-refractivity contribution in [2.75, 3.05) is 13.2 Å². The van der Waals surface area contributed by atoms with Gasteiger partial charge in [-0.2, -0.15) is 8.75 Å². The van der Waals surface area contributed by atoms with Gasteiger partial charge in [0.15, 0.2) is 0 Å². The van der Waals surface area contributed by atoms with Gasteiger partial charge in [0, 0.05) is 6.61 Å². The topological polar surface area (TPSA) is 47.0 Å². The smallest absolute Gasteiger partial charge is 0.0915 e. The molecule has 2 aliphatic rings. The second kappa shape index (κ2) is 7.16. The summed E-state index contributed by atoms with van der Waals surface area (Å²) in [5.41, 5.74) is 1.29. The van der Waals surface area contributed by atoms with Crippen LogP contribution in [0.1, 0.15) is 70.0 Å². The van der Waals surface area contributed by atoms with Crippen molar-refractivity contribution in [3.8, 4) is 0 Å². The first-order valence-electron chi connectivity index (χ1n) is 8.48. The predicted octanol–water partition coefficient (Wildman–Crippen LogP) is 3.71. The van der Waals surface area contributed by atoms with Crippen LogP contribution < -0.4 is 5.32 Å². The van der Waals surface area contributed by atoms with E-state index in [1.807, 2.05) is 6.20 Å². The number of rotatable bonds is 5. The van der Waals surface area contributed by atoms with Gasteiger partial charge in [-0.05, 0) is 44.6 Å². The Hall–Kier alpha value is -0.520. The number of hydrogen-bond donors (Lipinski definition) is 1. The van der Waals surface area contributed by atoms with E-state index < -0.39 is 0 Å². The number of ether oxygens (including phenoxy) is 1. The van der Waals surface area contributed by atoms with E-state index in [-0.39, 0.29) is 5.60 Å². The molecule has 0 aromatic carbocycles. The molecule has 0 radical (unpaired) electrons. The highest BCUT2D eigenvalue weighted by Gasteiger charge is 2.41. The summed E-state index contributed by atoms with van der Waals surface area (Å²) in [6.45, 7) is 4.18. The third-order valence-corrected chi connectivity index (χ3v) is 5.57. The average Bonchev–Trinajstić information content (AvgIpc) is 3.03. The summed E-state index contributed by atoms with van der Waals surface area (Å²) < 4.78 is 15.0. The molecule has 2 heterocycles. The van der Waals surface area contributed by atoms with Gasteiger partial charge >= 0.3 is 0 Å². The molecule has 2 fully saturated rings. The molecular formula is C16H27N3OS. The summed E-state index contributed by atoms with van der Waals surface area (Å²) in [4.78, 5) is 0. The molecular weight excluding hydrogens is 282 g/mol. The van der Waals surface area contributed by atoms with E-state index in [1.165, 1.54) is 50.3 Å². The van der Waals surface area contributed by atoms with E-state index >= 15 is 0 Å². The van der Waals surface area contributed by atoms with E-state index in [1.54, 1.807) is 0 Å². The maximum atomic E-state index is 6.25. The van der Waals surface area contributed by atoms with Crippen molar-refractivity contribution in [3.63, 3.8) is 0 Å². The van der Waals surface area contributed by atoms with Gasteiger partial charge in [-0.3, -0.25) is 0 Å². The Labute approximate surface area is 132 Å². The van der Waals surface area contributed by atoms with Crippen LogP contribution >= 0.6 is 11.7 Å². The molecule has 4 nitrogen and oxygen atoms in total. The van der Waals surface area contributed by atoms with Crippen LogP contribution in [0.2, 0.25) is 0 Å². The lowest BCUT2D eigenvalue weighted by atomic mass is 9.73. The molecule has 118 valence electrons. The molecule has 2 atom stereocenters. The highest BCUT2D eigenvalue weighted by Crippen LogP contribution is 2.44. The molecule has 1 saturated heterocycles. The van der Waals surface area contributed by atoms with E-state index in [4.69, 9.17) is 4.74 Å². The van der Waals surface area contributed by atoms with Crippen LogP contribution in [0.15, 0.2) is 6.20 Å². The van der Waals surface area contributed by atoms with E-state index in [9.17, 15) is 0 Å². The fraction of sp³-hybridized carbons (Fsp3) is 0.875. The Kier molecular flexibility index (Phi) is 5.24. The van der Waals surface area contributed by atoms with Crippen LogP contribution in [0.25, 0.3) is 0 Å². The summed E-state index contributed by atoms with van der Waals surface area (Å²) in [5.74, 6) is 0.632. The molecule has 5 heteroatoms. The first-order valence-corrected chi connectivity index (χ1v) is 9.21. The fourth-order valence-electron chi connectivity index (χ4n) is 4.02. The average molecular weight is 309 g/mol. The molecule has 3 rings (SSSR count). The van der Waals surface area contributed by atoms with Crippen LogP contribution in [-0.4, -0.2) is 27.5 Å². The molecule has 1 aliphatic carbocycles. The number of hydrogen-bond acceptors (Lipinski definition) is 5. The van der Waals surface area contributed by atoms with Gasteiger partial charge < -0.3 is 10.1 Å². The highest BCUT2D eigenvalue weighted by atomic mass is 32.1. The van der Waals surface area contributed by atoms with Crippen molar-refractivity contribution >= 4 is 11.7 Å². The third kappa shape index (κ3) is 3.63. The third-order valence-electron chi connectivity index (χ3n) is 5.08. The molecule has 1 saturated carbocycles. The van der Waals surface area contributed by atoms with Gasteiger partial charge in [-0.15, -0.1) is 0 Å². The van der Waals surface area contributed by atoms with E-state index in [0.29, 0.717) is 12.0 Å². The normalized spacial score (nSPS) is 26.8. The van der Waals surface area contributed by atoms with Crippen molar-refractivity contribution < 1.29 is 4.74 Å². The van der Waals surface area contributed by atoms with Crippen molar-refractivity contribution in [2.24, 2.45) is 5.92 Å². The Bertz CT molecular complexity index is 412. The van der Waals surface area contributed by atoms with Crippen molar-refractivity contribution in [3.05, 3.63) is 11.9 Å². The molecule has 1 aromatic heterocycles. The monoisotopic (exact) mass is 309 g/mol. The minimum atomic E-state index is 0.163.